The fraction of sp³-hybridized carbons (Fsp3) is 0.316. The molecule has 0 amide bonds. The van der Waals surface area contributed by atoms with Gasteiger partial charge in [0.15, 0.2) is 29.1 Å². The van der Waals surface area contributed by atoms with Crippen molar-refractivity contribution < 1.29 is 18.3 Å². The molecule has 1 unspecified atom stereocenters. The predicted octanol–water partition coefficient (Wildman–Crippen LogP) is 2.51. The summed E-state index contributed by atoms with van der Waals surface area (Å²) >= 11 is 0. The lowest BCUT2D eigenvalue weighted by Crippen LogP contribution is -2.45. The molecule has 2 aromatic rings. The Kier molecular flexibility index (Phi) is 5.88. The highest BCUT2D eigenvalue weighted by Crippen LogP contribution is 2.30. The van der Waals surface area contributed by atoms with Crippen molar-refractivity contribution in [3.05, 3.63) is 59.7 Å². The van der Waals surface area contributed by atoms with E-state index in [1.165, 1.54) is 6.07 Å². The van der Waals surface area contributed by atoms with Gasteiger partial charge in [-0.25, -0.2) is 8.78 Å². The Labute approximate surface area is 151 Å². The van der Waals surface area contributed by atoms with Crippen LogP contribution in [0.5, 0.6) is 11.5 Å². The minimum atomic E-state index is -0.834. The first kappa shape index (κ1) is 18.0. The number of rotatable bonds is 5. The molecule has 3 rings (SSSR count). The Bertz CT molecular complexity index is 783. The first-order chi connectivity index (χ1) is 12.7. The van der Waals surface area contributed by atoms with Crippen LogP contribution in [0, 0.1) is 11.6 Å². The average Bonchev–Trinajstić information content (AvgIpc) is 2.67. The van der Waals surface area contributed by atoms with E-state index in [4.69, 9.17) is 9.47 Å². The third kappa shape index (κ3) is 4.41. The van der Waals surface area contributed by atoms with Crippen LogP contribution >= 0.6 is 0 Å². The number of halogens is 2. The molecule has 0 spiro atoms. The van der Waals surface area contributed by atoms with Gasteiger partial charge in [-0.2, -0.15) is 0 Å². The van der Waals surface area contributed by atoms with Crippen LogP contribution in [-0.4, -0.2) is 38.8 Å². The van der Waals surface area contributed by atoms with Crippen molar-refractivity contribution >= 4 is 5.96 Å². The van der Waals surface area contributed by atoms with Gasteiger partial charge in [-0.3, -0.25) is 4.99 Å². The smallest absolute Gasteiger partial charge is 0.191 e. The van der Waals surface area contributed by atoms with Gasteiger partial charge in [0, 0.05) is 13.6 Å². The molecule has 0 saturated heterocycles. The van der Waals surface area contributed by atoms with E-state index in [1.807, 2.05) is 24.3 Å². The molecule has 5 nitrogen and oxygen atoms in total. The predicted molar refractivity (Wildman–Crippen MR) is 95.8 cm³/mol. The second-order valence-corrected chi connectivity index (χ2v) is 5.84. The topological polar surface area (TPSA) is 54.9 Å². The second-order valence-electron chi connectivity index (χ2n) is 5.84. The van der Waals surface area contributed by atoms with Crippen molar-refractivity contribution in [2.75, 3.05) is 26.7 Å². The SMILES string of the molecule is CN=C(NCCc1cccc(F)c1F)NCC1COc2ccccc2O1. The maximum absolute atomic E-state index is 13.6. The van der Waals surface area contributed by atoms with Gasteiger partial charge in [-0.05, 0) is 30.2 Å². The standard InChI is InChI=1S/C19H21F2N3O2/c1-22-19(23-10-9-13-5-4-6-15(20)18(13)21)24-11-14-12-25-16-7-2-3-8-17(16)26-14/h2-8,14H,9-12H2,1H3,(H2,22,23,24). The lowest BCUT2D eigenvalue weighted by Gasteiger charge is -2.27. The third-order valence-corrected chi connectivity index (χ3v) is 4.01. The van der Waals surface area contributed by atoms with Crippen LogP contribution in [0.1, 0.15) is 5.56 Å². The molecule has 138 valence electrons. The number of aliphatic imine (C=N–C) groups is 1. The van der Waals surface area contributed by atoms with Crippen molar-refractivity contribution in [1.82, 2.24) is 10.6 Å². The third-order valence-electron chi connectivity index (χ3n) is 4.01. The van der Waals surface area contributed by atoms with Crippen LogP contribution in [0.2, 0.25) is 0 Å². The Balaban J connectivity index is 1.45. The van der Waals surface area contributed by atoms with E-state index < -0.39 is 11.6 Å². The number of fused-ring (bicyclic) bond motifs is 1. The molecule has 1 aliphatic heterocycles. The van der Waals surface area contributed by atoms with Crippen LogP contribution in [0.3, 0.4) is 0 Å². The van der Waals surface area contributed by atoms with Crippen molar-refractivity contribution in [2.24, 2.45) is 4.99 Å². The molecule has 0 fully saturated rings. The van der Waals surface area contributed by atoms with Crippen molar-refractivity contribution in [3.63, 3.8) is 0 Å². The number of para-hydroxylation sites is 2. The van der Waals surface area contributed by atoms with E-state index in [0.29, 0.717) is 37.6 Å². The largest absolute Gasteiger partial charge is 0.486 e. The van der Waals surface area contributed by atoms with Crippen LogP contribution < -0.4 is 20.1 Å². The maximum Gasteiger partial charge on any atom is 0.191 e. The number of ether oxygens (including phenoxy) is 2. The summed E-state index contributed by atoms with van der Waals surface area (Å²) in [6, 6.07) is 11.7. The van der Waals surface area contributed by atoms with E-state index in [1.54, 1.807) is 13.1 Å². The summed E-state index contributed by atoms with van der Waals surface area (Å²) in [6.45, 7) is 1.36. The summed E-state index contributed by atoms with van der Waals surface area (Å²) in [5.74, 6) is 0.381. The zero-order chi connectivity index (χ0) is 18.4. The van der Waals surface area contributed by atoms with Gasteiger partial charge in [0.1, 0.15) is 12.7 Å². The summed E-state index contributed by atoms with van der Waals surface area (Å²) in [5, 5.41) is 6.22. The Morgan fingerprint density at radius 2 is 1.92 bits per heavy atom. The Morgan fingerprint density at radius 3 is 2.73 bits per heavy atom. The Morgan fingerprint density at radius 1 is 1.12 bits per heavy atom. The molecular weight excluding hydrogens is 340 g/mol. The first-order valence-electron chi connectivity index (χ1n) is 8.43. The maximum atomic E-state index is 13.6. The van der Waals surface area contributed by atoms with Gasteiger partial charge >= 0.3 is 0 Å². The molecule has 1 aliphatic rings. The molecule has 7 heteroatoms. The number of benzene rings is 2. The van der Waals surface area contributed by atoms with Crippen LogP contribution in [0.25, 0.3) is 0 Å². The van der Waals surface area contributed by atoms with E-state index in [0.717, 1.165) is 17.6 Å². The minimum absolute atomic E-state index is 0.149. The molecular formula is C19H21F2N3O2. The number of guanidine groups is 1. The number of nitrogens with one attached hydrogen (secondary N) is 2. The zero-order valence-electron chi connectivity index (χ0n) is 14.5. The zero-order valence-corrected chi connectivity index (χ0v) is 14.5. The Hall–Kier alpha value is -2.83. The fourth-order valence-corrected chi connectivity index (χ4v) is 2.65. The summed E-state index contributed by atoms with van der Waals surface area (Å²) in [6.07, 6.45) is 0.199. The van der Waals surface area contributed by atoms with Crippen molar-refractivity contribution in [2.45, 2.75) is 12.5 Å². The number of hydrogen-bond acceptors (Lipinski definition) is 3. The molecule has 2 aromatic carbocycles. The highest BCUT2D eigenvalue weighted by molar-refractivity contribution is 5.79. The van der Waals surface area contributed by atoms with Gasteiger partial charge in [0.05, 0.1) is 6.54 Å². The minimum Gasteiger partial charge on any atom is -0.486 e. The van der Waals surface area contributed by atoms with E-state index in [-0.39, 0.29) is 6.10 Å². The highest BCUT2D eigenvalue weighted by atomic mass is 19.2. The molecule has 1 heterocycles. The van der Waals surface area contributed by atoms with Gasteiger partial charge < -0.3 is 20.1 Å². The monoisotopic (exact) mass is 361 g/mol. The molecule has 2 N–H and O–H groups in total. The quantitative estimate of drug-likeness (QED) is 0.635. The molecule has 1 atom stereocenters. The normalized spacial score (nSPS) is 16.3. The molecule has 0 aromatic heterocycles. The molecule has 0 saturated carbocycles. The molecule has 0 radical (unpaired) electrons. The van der Waals surface area contributed by atoms with Crippen molar-refractivity contribution in [3.8, 4) is 11.5 Å². The van der Waals surface area contributed by atoms with Gasteiger partial charge in [-0.15, -0.1) is 0 Å². The van der Waals surface area contributed by atoms with Crippen LogP contribution in [-0.2, 0) is 6.42 Å². The van der Waals surface area contributed by atoms with E-state index in [2.05, 4.69) is 15.6 Å². The van der Waals surface area contributed by atoms with Gasteiger partial charge in [-0.1, -0.05) is 24.3 Å². The summed E-state index contributed by atoms with van der Waals surface area (Å²) in [5.41, 5.74) is 0.327. The van der Waals surface area contributed by atoms with Crippen LogP contribution in [0.15, 0.2) is 47.5 Å². The fourth-order valence-electron chi connectivity index (χ4n) is 2.65. The summed E-state index contributed by atoms with van der Waals surface area (Å²) in [4.78, 5) is 4.12. The van der Waals surface area contributed by atoms with E-state index >= 15 is 0 Å². The molecule has 0 bridgehead atoms. The molecule has 26 heavy (non-hydrogen) atoms. The van der Waals surface area contributed by atoms with Crippen LogP contribution in [0.4, 0.5) is 8.78 Å². The first-order valence-corrected chi connectivity index (χ1v) is 8.43. The molecule has 0 aliphatic carbocycles. The number of nitrogens with zero attached hydrogens (tertiary/aromatic N) is 1. The lowest BCUT2D eigenvalue weighted by molar-refractivity contribution is 0.0936. The second kappa shape index (κ2) is 8.51. The van der Waals surface area contributed by atoms with Gasteiger partial charge in [0.25, 0.3) is 0 Å². The summed E-state index contributed by atoms with van der Waals surface area (Å²) < 4.78 is 38.4. The summed E-state index contributed by atoms with van der Waals surface area (Å²) in [7, 11) is 1.64. The average molecular weight is 361 g/mol. The number of hydrogen-bond donors (Lipinski definition) is 2. The van der Waals surface area contributed by atoms with Crippen molar-refractivity contribution in [1.29, 1.82) is 0 Å². The lowest BCUT2D eigenvalue weighted by atomic mass is 10.1. The van der Waals surface area contributed by atoms with E-state index in [9.17, 15) is 8.78 Å². The highest BCUT2D eigenvalue weighted by Gasteiger charge is 2.20. The van der Waals surface area contributed by atoms with Gasteiger partial charge in [0.2, 0.25) is 0 Å².